The van der Waals surface area contributed by atoms with Crippen LogP contribution in [0.15, 0.2) is 59.5 Å². The molecule has 1 aromatic heterocycles. The summed E-state index contributed by atoms with van der Waals surface area (Å²) in [6, 6.07) is 12.7. The highest BCUT2D eigenvalue weighted by Crippen LogP contribution is 2.23. The molecule has 0 fully saturated rings. The Bertz CT molecular complexity index is 1150. The fourth-order valence-electron chi connectivity index (χ4n) is 2.55. The first-order valence-electron chi connectivity index (χ1n) is 8.13. The van der Waals surface area contributed by atoms with Gasteiger partial charge in [-0.05, 0) is 38.1 Å². The number of aromatic nitrogens is 2. The van der Waals surface area contributed by atoms with Gasteiger partial charge in [0, 0.05) is 23.8 Å². The van der Waals surface area contributed by atoms with Gasteiger partial charge in [0.1, 0.15) is 5.82 Å². The molecule has 28 heavy (non-hydrogen) atoms. The minimum Gasteiger partial charge on any atom is -0.295 e. The first kappa shape index (κ1) is 19.2. The molecule has 0 amide bonds. The summed E-state index contributed by atoms with van der Waals surface area (Å²) in [5.74, 6) is 0.0192. The van der Waals surface area contributed by atoms with Crippen molar-refractivity contribution in [3.63, 3.8) is 0 Å². The van der Waals surface area contributed by atoms with E-state index in [2.05, 4.69) is 9.82 Å². The van der Waals surface area contributed by atoms with Crippen LogP contribution in [0.4, 0.5) is 11.5 Å². The molecule has 0 aliphatic rings. The molecular formula is C18H16N4O5S. The molecule has 0 saturated heterocycles. The van der Waals surface area contributed by atoms with Crippen molar-refractivity contribution in [2.45, 2.75) is 18.7 Å². The molecule has 0 radical (unpaired) electrons. The Morgan fingerprint density at radius 1 is 1.11 bits per heavy atom. The fraction of sp³-hybridized carbons (Fsp3) is 0.111. The molecule has 0 atom stereocenters. The molecule has 0 unspecified atom stereocenters. The van der Waals surface area contributed by atoms with E-state index in [9.17, 15) is 23.3 Å². The number of non-ortho nitro benzene ring substituents is 1. The number of aryl methyl sites for hydroxylation is 1. The summed E-state index contributed by atoms with van der Waals surface area (Å²) in [4.78, 5) is 21.6. The van der Waals surface area contributed by atoms with Crippen LogP contribution in [0, 0.1) is 17.0 Å². The van der Waals surface area contributed by atoms with Crippen molar-refractivity contribution in [1.82, 2.24) is 9.78 Å². The zero-order valence-corrected chi connectivity index (χ0v) is 15.8. The van der Waals surface area contributed by atoms with Gasteiger partial charge >= 0.3 is 0 Å². The maximum atomic E-state index is 12.7. The number of hydrogen-bond donors (Lipinski definition) is 1. The third-order valence-electron chi connectivity index (χ3n) is 3.95. The number of ketones is 1. The van der Waals surface area contributed by atoms with E-state index in [1.165, 1.54) is 60.1 Å². The van der Waals surface area contributed by atoms with Gasteiger partial charge in [-0.1, -0.05) is 12.1 Å². The molecule has 0 saturated carbocycles. The van der Waals surface area contributed by atoms with Crippen molar-refractivity contribution >= 4 is 27.3 Å². The Morgan fingerprint density at radius 2 is 1.71 bits per heavy atom. The van der Waals surface area contributed by atoms with Crippen LogP contribution in [0.5, 0.6) is 0 Å². The van der Waals surface area contributed by atoms with Crippen LogP contribution in [-0.2, 0) is 10.0 Å². The Hall–Kier alpha value is -3.53. The molecular weight excluding hydrogens is 384 g/mol. The smallest absolute Gasteiger partial charge is 0.269 e. The number of nitrogens with zero attached hydrogens (tertiary/aromatic N) is 3. The maximum absolute atomic E-state index is 12.7. The molecule has 3 aromatic rings. The maximum Gasteiger partial charge on any atom is 0.269 e. The molecule has 2 aromatic carbocycles. The van der Waals surface area contributed by atoms with Gasteiger partial charge in [-0.3, -0.25) is 19.6 Å². The van der Waals surface area contributed by atoms with Crippen LogP contribution in [-0.4, -0.2) is 28.9 Å². The summed E-state index contributed by atoms with van der Waals surface area (Å²) in [7, 11) is -3.92. The summed E-state index contributed by atoms with van der Waals surface area (Å²) in [5, 5.41) is 15.0. The van der Waals surface area contributed by atoms with Crippen LogP contribution < -0.4 is 4.72 Å². The summed E-state index contributed by atoms with van der Waals surface area (Å²) < 4.78 is 29.2. The lowest BCUT2D eigenvalue weighted by molar-refractivity contribution is -0.384. The van der Waals surface area contributed by atoms with Crippen LogP contribution in [0.3, 0.4) is 0 Å². The van der Waals surface area contributed by atoms with Crippen LogP contribution in [0.1, 0.15) is 23.0 Å². The number of sulfonamides is 1. The predicted octanol–water partition coefficient (Wildman–Crippen LogP) is 3.09. The van der Waals surface area contributed by atoms with E-state index in [4.69, 9.17) is 0 Å². The molecule has 3 rings (SSSR count). The first-order valence-corrected chi connectivity index (χ1v) is 9.61. The summed E-state index contributed by atoms with van der Waals surface area (Å²) in [6.07, 6.45) is 0. The molecule has 0 aliphatic heterocycles. The second kappa shape index (κ2) is 7.24. The normalized spacial score (nSPS) is 11.2. The number of nitrogens with one attached hydrogen (secondary N) is 1. The second-order valence-corrected chi connectivity index (χ2v) is 7.72. The molecule has 10 heteroatoms. The summed E-state index contributed by atoms with van der Waals surface area (Å²) in [6.45, 7) is 3.09. The number of benzene rings is 2. The number of anilines is 1. The fourth-order valence-corrected chi connectivity index (χ4v) is 3.58. The van der Waals surface area contributed by atoms with E-state index in [-0.39, 0.29) is 22.2 Å². The number of Topliss-reactive ketones (excluding diaryl/α,β-unsaturated/α-hetero) is 1. The van der Waals surface area contributed by atoms with Crippen molar-refractivity contribution in [2.24, 2.45) is 0 Å². The Kier molecular flexibility index (Phi) is 4.97. The van der Waals surface area contributed by atoms with Crippen LogP contribution in [0.25, 0.3) is 5.69 Å². The highest BCUT2D eigenvalue weighted by Gasteiger charge is 2.19. The van der Waals surface area contributed by atoms with E-state index in [1.54, 1.807) is 13.0 Å². The SMILES string of the molecule is CC(=O)c1ccc(S(=O)(=O)Nc2cc(C)nn2-c2ccc([N+](=O)[O-])cc2)cc1. The molecule has 1 heterocycles. The van der Waals surface area contributed by atoms with Gasteiger partial charge in [0.05, 0.1) is 21.2 Å². The third kappa shape index (κ3) is 3.91. The zero-order valence-electron chi connectivity index (χ0n) is 15.0. The van der Waals surface area contributed by atoms with Gasteiger partial charge < -0.3 is 0 Å². The second-order valence-electron chi connectivity index (χ2n) is 6.04. The van der Waals surface area contributed by atoms with Gasteiger partial charge in [-0.15, -0.1) is 0 Å². The Balaban J connectivity index is 1.94. The quantitative estimate of drug-likeness (QED) is 0.385. The number of carbonyl (C=O) groups is 1. The van der Waals surface area contributed by atoms with Crippen molar-refractivity contribution in [3.05, 3.63) is 76.0 Å². The van der Waals surface area contributed by atoms with Gasteiger partial charge in [0.15, 0.2) is 5.78 Å². The van der Waals surface area contributed by atoms with Gasteiger partial charge in [0.25, 0.3) is 15.7 Å². The minimum absolute atomic E-state index is 0.00778. The highest BCUT2D eigenvalue weighted by molar-refractivity contribution is 7.92. The van der Waals surface area contributed by atoms with Gasteiger partial charge in [-0.25, -0.2) is 13.1 Å². The lowest BCUT2D eigenvalue weighted by atomic mass is 10.2. The number of hydrogen-bond acceptors (Lipinski definition) is 6. The molecule has 0 spiro atoms. The van der Waals surface area contributed by atoms with Gasteiger partial charge in [-0.2, -0.15) is 5.10 Å². The van der Waals surface area contributed by atoms with Crippen molar-refractivity contribution in [2.75, 3.05) is 4.72 Å². The Labute approximate surface area is 160 Å². The highest BCUT2D eigenvalue weighted by atomic mass is 32.2. The lowest BCUT2D eigenvalue weighted by Crippen LogP contribution is -2.16. The van der Waals surface area contributed by atoms with Crippen molar-refractivity contribution < 1.29 is 18.1 Å². The predicted molar refractivity (Wildman–Crippen MR) is 102 cm³/mol. The molecule has 9 nitrogen and oxygen atoms in total. The molecule has 0 bridgehead atoms. The third-order valence-corrected chi connectivity index (χ3v) is 5.32. The standard InChI is InChI=1S/C18H16N4O5S/c1-12-11-18(21(19-12)15-5-7-16(8-6-15)22(24)25)20-28(26,27)17-9-3-14(4-10-17)13(2)23/h3-11,20H,1-2H3. The number of nitro benzene ring substituents is 1. The van der Waals surface area contributed by atoms with E-state index in [0.29, 0.717) is 16.9 Å². The first-order chi connectivity index (χ1) is 13.2. The molecule has 144 valence electrons. The van der Waals surface area contributed by atoms with E-state index in [1.807, 2.05) is 0 Å². The van der Waals surface area contributed by atoms with E-state index in [0.717, 1.165) is 0 Å². The monoisotopic (exact) mass is 400 g/mol. The lowest BCUT2D eigenvalue weighted by Gasteiger charge is -2.11. The Morgan fingerprint density at radius 3 is 2.25 bits per heavy atom. The minimum atomic E-state index is -3.92. The van der Waals surface area contributed by atoms with Crippen LogP contribution in [0.2, 0.25) is 0 Å². The average molecular weight is 400 g/mol. The van der Waals surface area contributed by atoms with Crippen molar-refractivity contribution in [1.29, 1.82) is 0 Å². The number of carbonyl (C=O) groups excluding carboxylic acids is 1. The largest absolute Gasteiger partial charge is 0.295 e. The summed E-state index contributed by atoms with van der Waals surface area (Å²) >= 11 is 0. The summed E-state index contributed by atoms with van der Waals surface area (Å²) in [5.41, 5.74) is 1.34. The van der Waals surface area contributed by atoms with E-state index < -0.39 is 14.9 Å². The number of nitro groups is 1. The topological polar surface area (TPSA) is 124 Å². The average Bonchev–Trinajstić information content (AvgIpc) is 3.01. The van der Waals surface area contributed by atoms with Gasteiger partial charge in [0.2, 0.25) is 0 Å². The molecule has 1 N–H and O–H groups in total. The van der Waals surface area contributed by atoms with Crippen molar-refractivity contribution in [3.8, 4) is 5.69 Å². The number of rotatable bonds is 6. The zero-order chi connectivity index (χ0) is 20.5. The molecule has 0 aliphatic carbocycles. The van der Waals surface area contributed by atoms with E-state index >= 15 is 0 Å². The van der Waals surface area contributed by atoms with Crippen LogP contribution >= 0.6 is 0 Å².